The highest BCUT2D eigenvalue weighted by atomic mass is 16.5. The number of ether oxygens (including phenoxy) is 1. The van der Waals surface area contributed by atoms with Crippen LogP contribution in [-0.2, 0) is 16.0 Å². The molecule has 2 heterocycles. The molecular weight excluding hydrogens is 264 g/mol. The molecule has 4 nitrogen and oxygen atoms in total. The first-order chi connectivity index (χ1) is 10.1. The Morgan fingerprint density at radius 1 is 1.43 bits per heavy atom. The number of hydrogen-bond acceptors (Lipinski definition) is 2. The second-order valence-electron chi connectivity index (χ2n) is 5.89. The average Bonchev–Trinajstić information content (AvgIpc) is 3.06. The predicted octanol–water partition coefficient (Wildman–Crippen LogP) is 2.62. The standard InChI is InChI=1S/C17H22N2O2/c1-11-5-6-16-15(8-11)14(12(2)19-16)9-17(20)18-10-13-4-3-7-21-13/h5-6,8,13,19H,3-4,7,9-10H2,1-2H3,(H,18,20). The minimum Gasteiger partial charge on any atom is -0.376 e. The van der Waals surface area contributed by atoms with E-state index in [0.717, 1.165) is 41.6 Å². The topological polar surface area (TPSA) is 54.1 Å². The second kappa shape index (κ2) is 5.90. The van der Waals surface area contributed by atoms with Crippen molar-refractivity contribution < 1.29 is 9.53 Å². The fraction of sp³-hybridized carbons (Fsp3) is 0.471. The summed E-state index contributed by atoms with van der Waals surface area (Å²) in [5, 5.41) is 4.14. The summed E-state index contributed by atoms with van der Waals surface area (Å²) in [6.45, 7) is 5.54. The van der Waals surface area contributed by atoms with Crippen LogP contribution in [0.1, 0.15) is 29.7 Å². The van der Waals surface area contributed by atoms with E-state index in [0.29, 0.717) is 13.0 Å². The van der Waals surface area contributed by atoms with Gasteiger partial charge in [0.2, 0.25) is 5.91 Å². The summed E-state index contributed by atoms with van der Waals surface area (Å²) < 4.78 is 5.53. The number of aryl methyl sites for hydroxylation is 2. The van der Waals surface area contributed by atoms with Crippen molar-refractivity contribution in [2.75, 3.05) is 13.2 Å². The molecule has 0 radical (unpaired) electrons. The molecule has 1 aliphatic heterocycles. The Kier molecular flexibility index (Phi) is 3.97. The summed E-state index contributed by atoms with van der Waals surface area (Å²) in [4.78, 5) is 15.5. The van der Waals surface area contributed by atoms with Gasteiger partial charge in [0.15, 0.2) is 0 Å². The molecular formula is C17H22N2O2. The molecule has 112 valence electrons. The van der Waals surface area contributed by atoms with Crippen molar-refractivity contribution in [3.05, 3.63) is 35.0 Å². The zero-order valence-electron chi connectivity index (χ0n) is 12.7. The van der Waals surface area contributed by atoms with Crippen molar-refractivity contribution >= 4 is 16.8 Å². The fourth-order valence-electron chi connectivity index (χ4n) is 2.98. The molecule has 1 amide bonds. The highest BCUT2D eigenvalue weighted by molar-refractivity contribution is 5.90. The lowest BCUT2D eigenvalue weighted by molar-refractivity contribution is -0.120. The first kappa shape index (κ1) is 14.1. The Labute approximate surface area is 124 Å². The number of aromatic amines is 1. The third-order valence-corrected chi connectivity index (χ3v) is 4.16. The Hall–Kier alpha value is -1.81. The molecule has 0 saturated carbocycles. The van der Waals surface area contributed by atoms with Gasteiger partial charge >= 0.3 is 0 Å². The van der Waals surface area contributed by atoms with Crippen LogP contribution in [-0.4, -0.2) is 30.1 Å². The third-order valence-electron chi connectivity index (χ3n) is 4.16. The number of benzene rings is 1. The zero-order chi connectivity index (χ0) is 14.8. The maximum Gasteiger partial charge on any atom is 0.224 e. The van der Waals surface area contributed by atoms with Crippen molar-refractivity contribution in [1.82, 2.24) is 10.3 Å². The SMILES string of the molecule is Cc1ccc2[nH]c(C)c(CC(=O)NCC3CCCO3)c2c1. The molecule has 3 rings (SSSR count). The van der Waals surface area contributed by atoms with Crippen LogP contribution < -0.4 is 5.32 Å². The van der Waals surface area contributed by atoms with Crippen molar-refractivity contribution in [1.29, 1.82) is 0 Å². The molecule has 1 atom stereocenters. The molecule has 1 aromatic carbocycles. The van der Waals surface area contributed by atoms with Crippen LogP contribution in [0, 0.1) is 13.8 Å². The number of carbonyl (C=O) groups excluding carboxylic acids is 1. The lowest BCUT2D eigenvalue weighted by atomic mass is 10.1. The van der Waals surface area contributed by atoms with E-state index in [1.54, 1.807) is 0 Å². The molecule has 0 bridgehead atoms. The van der Waals surface area contributed by atoms with Crippen LogP contribution in [0.2, 0.25) is 0 Å². The molecule has 1 fully saturated rings. The van der Waals surface area contributed by atoms with Crippen molar-refractivity contribution in [2.45, 2.75) is 39.2 Å². The Bertz CT molecular complexity index is 654. The normalized spacial score (nSPS) is 18.3. The molecule has 1 aromatic heterocycles. The van der Waals surface area contributed by atoms with Gasteiger partial charge in [-0.1, -0.05) is 11.6 Å². The summed E-state index contributed by atoms with van der Waals surface area (Å²) >= 11 is 0. The number of aromatic nitrogens is 1. The molecule has 2 aromatic rings. The van der Waals surface area contributed by atoms with Crippen molar-refractivity contribution in [3.8, 4) is 0 Å². The summed E-state index contributed by atoms with van der Waals surface area (Å²) in [6, 6.07) is 6.30. The minimum absolute atomic E-state index is 0.0657. The van der Waals surface area contributed by atoms with Crippen LogP contribution in [0.3, 0.4) is 0 Å². The lowest BCUT2D eigenvalue weighted by Crippen LogP contribution is -2.32. The van der Waals surface area contributed by atoms with E-state index in [-0.39, 0.29) is 12.0 Å². The van der Waals surface area contributed by atoms with Gasteiger partial charge in [0, 0.05) is 29.7 Å². The maximum atomic E-state index is 12.2. The zero-order valence-corrected chi connectivity index (χ0v) is 12.7. The van der Waals surface area contributed by atoms with Crippen LogP contribution in [0.4, 0.5) is 0 Å². The minimum atomic E-state index is 0.0657. The van der Waals surface area contributed by atoms with E-state index in [1.165, 1.54) is 5.56 Å². The van der Waals surface area contributed by atoms with Gasteiger partial charge in [-0.05, 0) is 44.4 Å². The lowest BCUT2D eigenvalue weighted by Gasteiger charge is -2.11. The first-order valence-corrected chi connectivity index (χ1v) is 7.59. The highest BCUT2D eigenvalue weighted by Gasteiger charge is 2.17. The molecule has 1 unspecified atom stereocenters. The molecule has 4 heteroatoms. The highest BCUT2D eigenvalue weighted by Crippen LogP contribution is 2.23. The summed E-state index contributed by atoms with van der Waals surface area (Å²) in [5.74, 6) is 0.0657. The first-order valence-electron chi connectivity index (χ1n) is 7.59. The predicted molar refractivity (Wildman–Crippen MR) is 83.5 cm³/mol. The summed E-state index contributed by atoms with van der Waals surface area (Å²) in [7, 11) is 0. The van der Waals surface area contributed by atoms with E-state index in [1.807, 2.05) is 6.92 Å². The number of H-pyrrole nitrogens is 1. The second-order valence-corrected chi connectivity index (χ2v) is 5.89. The monoisotopic (exact) mass is 286 g/mol. The van der Waals surface area contributed by atoms with Crippen LogP contribution in [0.25, 0.3) is 10.9 Å². The molecule has 0 spiro atoms. The number of fused-ring (bicyclic) bond motifs is 1. The molecule has 0 aliphatic carbocycles. The third kappa shape index (κ3) is 3.10. The van der Waals surface area contributed by atoms with Crippen LogP contribution in [0.15, 0.2) is 18.2 Å². The number of carbonyl (C=O) groups is 1. The van der Waals surface area contributed by atoms with Crippen molar-refractivity contribution in [2.24, 2.45) is 0 Å². The van der Waals surface area contributed by atoms with Gasteiger partial charge in [-0.3, -0.25) is 4.79 Å². The quantitative estimate of drug-likeness (QED) is 0.908. The van der Waals surface area contributed by atoms with Gasteiger partial charge in [0.1, 0.15) is 0 Å². The van der Waals surface area contributed by atoms with Crippen LogP contribution in [0.5, 0.6) is 0 Å². The van der Waals surface area contributed by atoms with Gasteiger partial charge in [-0.2, -0.15) is 0 Å². The van der Waals surface area contributed by atoms with Gasteiger partial charge in [0.25, 0.3) is 0 Å². The molecule has 21 heavy (non-hydrogen) atoms. The number of amides is 1. The smallest absolute Gasteiger partial charge is 0.224 e. The average molecular weight is 286 g/mol. The van der Waals surface area contributed by atoms with Gasteiger partial charge in [0.05, 0.1) is 12.5 Å². The Morgan fingerprint density at radius 2 is 2.29 bits per heavy atom. The number of rotatable bonds is 4. The summed E-state index contributed by atoms with van der Waals surface area (Å²) in [6.07, 6.45) is 2.76. The van der Waals surface area contributed by atoms with E-state index in [2.05, 4.69) is 35.4 Å². The molecule has 1 aliphatic rings. The van der Waals surface area contributed by atoms with E-state index < -0.39 is 0 Å². The number of hydrogen-bond donors (Lipinski definition) is 2. The van der Waals surface area contributed by atoms with E-state index >= 15 is 0 Å². The molecule has 2 N–H and O–H groups in total. The summed E-state index contributed by atoms with van der Waals surface area (Å²) in [5.41, 5.74) is 4.48. The van der Waals surface area contributed by atoms with Crippen molar-refractivity contribution in [3.63, 3.8) is 0 Å². The van der Waals surface area contributed by atoms with E-state index in [4.69, 9.17) is 4.74 Å². The fourth-order valence-corrected chi connectivity index (χ4v) is 2.98. The van der Waals surface area contributed by atoms with Gasteiger partial charge < -0.3 is 15.0 Å². The van der Waals surface area contributed by atoms with Crippen LogP contribution >= 0.6 is 0 Å². The Balaban J connectivity index is 1.70. The largest absolute Gasteiger partial charge is 0.376 e. The Morgan fingerprint density at radius 3 is 3.05 bits per heavy atom. The molecule has 1 saturated heterocycles. The van der Waals surface area contributed by atoms with E-state index in [9.17, 15) is 4.79 Å². The maximum absolute atomic E-state index is 12.2. The van der Waals surface area contributed by atoms with Gasteiger partial charge in [-0.15, -0.1) is 0 Å². The van der Waals surface area contributed by atoms with Gasteiger partial charge in [-0.25, -0.2) is 0 Å². The number of nitrogens with one attached hydrogen (secondary N) is 2.